The zero-order chi connectivity index (χ0) is 24.2. The maximum atomic E-state index is 13.5. The summed E-state index contributed by atoms with van der Waals surface area (Å²) in [5.41, 5.74) is 2.73. The van der Waals surface area contributed by atoms with Crippen LogP contribution in [0.15, 0.2) is 72.9 Å². The van der Waals surface area contributed by atoms with Gasteiger partial charge in [-0.15, -0.1) is 0 Å². The van der Waals surface area contributed by atoms with Crippen molar-refractivity contribution in [2.75, 3.05) is 0 Å². The fourth-order valence-corrected chi connectivity index (χ4v) is 4.20. The predicted molar refractivity (Wildman–Crippen MR) is 133 cm³/mol. The van der Waals surface area contributed by atoms with E-state index >= 15 is 0 Å². The van der Waals surface area contributed by atoms with Crippen molar-refractivity contribution in [2.24, 2.45) is 0 Å². The fourth-order valence-electron chi connectivity index (χ4n) is 3.79. The van der Waals surface area contributed by atoms with E-state index < -0.39 is 29.7 Å². The van der Waals surface area contributed by atoms with Gasteiger partial charge in [-0.05, 0) is 48.4 Å². The summed E-state index contributed by atoms with van der Waals surface area (Å²) in [6.45, 7) is 1.76. The van der Waals surface area contributed by atoms with Crippen LogP contribution in [0.2, 0.25) is 10.0 Å². The molecule has 3 aromatic carbocycles. The molecule has 0 bridgehead atoms. The molecule has 4 aromatic rings. The highest BCUT2D eigenvalue weighted by atomic mass is 35.5. The van der Waals surface area contributed by atoms with Crippen LogP contribution < -0.4 is 10.6 Å². The molecule has 174 valence electrons. The molecule has 2 atom stereocenters. The Morgan fingerprint density at radius 2 is 1.71 bits per heavy atom. The molecule has 0 fully saturated rings. The molecule has 4 rings (SSSR count). The fraction of sp³-hybridized carbons (Fsp3) is 0.154. The Morgan fingerprint density at radius 3 is 2.47 bits per heavy atom. The minimum atomic E-state index is -0.888. The maximum absolute atomic E-state index is 13.5. The Hall–Kier alpha value is -3.35. The summed E-state index contributed by atoms with van der Waals surface area (Å²) in [4.78, 5) is 29.5. The lowest BCUT2D eigenvalue weighted by molar-refractivity contribution is -0.123. The lowest BCUT2D eigenvalue weighted by Gasteiger charge is -2.22. The first-order chi connectivity index (χ1) is 16.3. The van der Waals surface area contributed by atoms with E-state index in [1.807, 2.05) is 30.5 Å². The number of carbonyl (C=O) groups is 2. The summed E-state index contributed by atoms with van der Waals surface area (Å²) >= 11 is 12.1. The van der Waals surface area contributed by atoms with Crippen molar-refractivity contribution in [1.29, 1.82) is 0 Å². The number of nitrogens with one attached hydrogen (secondary N) is 3. The molecule has 0 aliphatic rings. The third-order valence-electron chi connectivity index (χ3n) is 5.64. The van der Waals surface area contributed by atoms with Gasteiger partial charge >= 0.3 is 0 Å². The van der Waals surface area contributed by atoms with Gasteiger partial charge in [-0.25, -0.2) is 4.39 Å². The minimum absolute atomic E-state index is 0.0269. The zero-order valence-electron chi connectivity index (χ0n) is 18.2. The lowest BCUT2D eigenvalue weighted by atomic mass is 10.0. The van der Waals surface area contributed by atoms with E-state index in [1.165, 1.54) is 12.1 Å². The highest BCUT2D eigenvalue weighted by Crippen LogP contribution is 2.23. The standard InChI is InChI=1S/C26H22Cl2FN3O2/c1-15(16-10-11-22(29)21(28)12-16)31-26(34)24(32-25(33)19-7-2-4-8-20(19)27)13-17-14-30-23-9-5-3-6-18(17)23/h2-12,14-15,24,30H,13H2,1H3,(H,31,34)(H,32,33). The van der Waals surface area contributed by atoms with E-state index in [0.29, 0.717) is 10.6 Å². The number of halogens is 3. The van der Waals surface area contributed by atoms with E-state index in [4.69, 9.17) is 23.2 Å². The van der Waals surface area contributed by atoms with Crippen LogP contribution in [0, 0.1) is 5.82 Å². The van der Waals surface area contributed by atoms with Gasteiger partial charge in [0.05, 0.1) is 21.7 Å². The van der Waals surface area contributed by atoms with E-state index in [0.717, 1.165) is 16.5 Å². The summed E-state index contributed by atoms with van der Waals surface area (Å²) in [6, 6.07) is 17.3. The van der Waals surface area contributed by atoms with Crippen LogP contribution >= 0.6 is 23.2 Å². The van der Waals surface area contributed by atoms with Crippen LogP contribution in [0.3, 0.4) is 0 Å². The van der Waals surface area contributed by atoms with E-state index in [-0.39, 0.29) is 17.0 Å². The average Bonchev–Trinajstić information content (AvgIpc) is 3.23. The van der Waals surface area contributed by atoms with Gasteiger partial charge in [0.1, 0.15) is 11.9 Å². The van der Waals surface area contributed by atoms with Crippen molar-refractivity contribution in [1.82, 2.24) is 15.6 Å². The molecular weight excluding hydrogens is 476 g/mol. The smallest absolute Gasteiger partial charge is 0.253 e. The first-order valence-electron chi connectivity index (χ1n) is 10.7. The molecule has 1 heterocycles. The van der Waals surface area contributed by atoms with Gasteiger partial charge in [0, 0.05) is 23.5 Å². The van der Waals surface area contributed by atoms with Crippen LogP contribution in [0.25, 0.3) is 10.9 Å². The third kappa shape index (κ3) is 5.24. The van der Waals surface area contributed by atoms with Crippen LogP contribution in [0.5, 0.6) is 0 Å². The second-order valence-electron chi connectivity index (χ2n) is 7.97. The second kappa shape index (κ2) is 10.3. The number of carbonyl (C=O) groups excluding carboxylic acids is 2. The van der Waals surface area contributed by atoms with Crippen LogP contribution in [-0.2, 0) is 11.2 Å². The normalized spacial score (nSPS) is 12.8. The van der Waals surface area contributed by atoms with Crippen molar-refractivity contribution in [2.45, 2.75) is 25.4 Å². The van der Waals surface area contributed by atoms with Crippen molar-refractivity contribution in [3.05, 3.63) is 105 Å². The molecule has 0 saturated heterocycles. The first-order valence-corrected chi connectivity index (χ1v) is 11.4. The van der Waals surface area contributed by atoms with Crippen LogP contribution in [-0.4, -0.2) is 22.8 Å². The molecule has 0 radical (unpaired) electrons. The van der Waals surface area contributed by atoms with Crippen molar-refractivity contribution < 1.29 is 14.0 Å². The van der Waals surface area contributed by atoms with E-state index in [1.54, 1.807) is 37.3 Å². The summed E-state index contributed by atoms with van der Waals surface area (Å²) in [7, 11) is 0. The number of hydrogen-bond acceptors (Lipinski definition) is 2. The highest BCUT2D eigenvalue weighted by molar-refractivity contribution is 6.33. The van der Waals surface area contributed by atoms with Gasteiger partial charge in [0.2, 0.25) is 5.91 Å². The molecule has 0 spiro atoms. The molecule has 0 aliphatic carbocycles. The largest absolute Gasteiger partial charge is 0.361 e. The molecule has 5 nitrogen and oxygen atoms in total. The summed E-state index contributed by atoms with van der Waals surface area (Å²) in [5, 5.41) is 6.94. The van der Waals surface area contributed by atoms with Gasteiger partial charge in [0.15, 0.2) is 0 Å². The van der Waals surface area contributed by atoms with Gasteiger partial charge in [-0.2, -0.15) is 0 Å². The van der Waals surface area contributed by atoms with Crippen molar-refractivity contribution >= 4 is 45.9 Å². The molecule has 0 aliphatic heterocycles. The maximum Gasteiger partial charge on any atom is 0.253 e. The Kier molecular flexibility index (Phi) is 7.20. The SMILES string of the molecule is CC(NC(=O)C(Cc1c[nH]c2ccccc12)NC(=O)c1ccccc1Cl)c1ccc(F)c(Cl)c1. The molecular formula is C26H22Cl2FN3O2. The molecule has 34 heavy (non-hydrogen) atoms. The number of H-pyrrole nitrogens is 1. The van der Waals surface area contributed by atoms with Gasteiger partial charge in [-0.1, -0.05) is 59.6 Å². The molecule has 3 N–H and O–H groups in total. The number of para-hydroxylation sites is 1. The topological polar surface area (TPSA) is 74.0 Å². The monoisotopic (exact) mass is 497 g/mol. The van der Waals surface area contributed by atoms with E-state index in [9.17, 15) is 14.0 Å². The highest BCUT2D eigenvalue weighted by Gasteiger charge is 2.25. The minimum Gasteiger partial charge on any atom is -0.361 e. The molecule has 8 heteroatoms. The number of rotatable bonds is 7. The number of hydrogen-bond donors (Lipinski definition) is 3. The number of aromatic amines is 1. The molecule has 0 saturated carbocycles. The Morgan fingerprint density at radius 1 is 0.971 bits per heavy atom. The van der Waals surface area contributed by atoms with Crippen molar-refractivity contribution in [3.8, 4) is 0 Å². The Balaban J connectivity index is 1.59. The quantitative estimate of drug-likeness (QED) is 0.300. The molecule has 2 unspecified atom stereocenters. The average molecular weight is 498 g/mol. The Labute approximate surface area is 206 Å². The van der Waals surface area contributed by atoms with Gasteiger partial charge < -0.3 is 15.6 Å². The number of amides is 2. The summed E-state index contributed by atoms with van der Waals surface area (Å²) in [5.74, 6) is -1.38. The van der Waals surface area contributed by atoms with Crippen LogP contribution in [0.1, 0.15) is 34.5 Å². The number of fused-ring (bicyclic) bond motifs is 1. The third-order valence-corrected chi connectivity index (χ3v) is 6.26. The second-order valence-corrected chi connectivity index (χ2v) is 8.79. The van der Waals surface area contributed by atoms with Gasteiger partial charge in [0.25, 0.3) is 5.91 Å². The first kappa shape index (κ1) is 23.8. The number of benzene rings is 3. The summed E-state index contributed by atoms with van der Waals surface area (Å²) < 4.78 is 13.5. The van der Waals surface area contributed by atoms with E-state index in [2.05, 4.69) is 15.6 Å². The number of aromatic nitrogens is 1. The molecule has 1 aromatic heterocycles. The predicted octanol–water partition coefficient (Wildman–Crippen LogP) is 5.83. The zero-order valence-corrected chi connectivity index (χ0v) is 19.8. The Bertz CT molecular complexity index is 1350. The van der Waals surface area contributed by atoms with Crippen LogP contribution in [0.4, 0.5) is 4.39 Å². The summed E-state index contributed by atoms with van der Waals surface area (Å²) in [6.07, 6.45) is 2.08. The van der Waals surface area contributed by atoms with Crippen molar-refractivity contribution in [3.63, 3.8) is 0 Å². The van der Waals surface area contributed by atoms with Gasteiger partial charge in [-0.3, -0.25) is 9.59 Å². The molecule has 2 amide bonds. The lowest BCUT2D eigenvalue weighted by Crippen LogP contribution is -2.48.